The molecular formula is C19H18BrClN2O3. The topological polar surface area (TPSA) is 59.9 Å². The number of alkyl halides is 1. The fraction of sp³-hybridized carbons (Fsp3) is 0.263. The Bertz CT molecular complexity index is 829. The molecule has 1 amide bonds. The van der Waals surface area contributed by atoms with Crippen LogP contribution in [-0.2, 0) is 20.6 Å². The fourth-order valence-corrected chi connectivity index (χ4v) is 3.45. The van der Waals surface area contributed by atoms with Crippen molar-refractivity contribution in [2.45, 2.75) is 17.9 Å². The summed E-state index contributed by atoms with van der Waals surface area (Å²) in [4.78, 5) is 17.4. The third-order valence-electron chi connectivity index (χ3n) is 3.97. The second kappa shape index (κ2) is 8.10. The van der Waals surface area contributed by atoms with Gasteiger partial charge >= 0.3 is 0 Å². The van der Waals surface area contributed by atoms with Crippen LogP contribution in [0.15, 0.2) is 53.7 Å². The lowest BCUT2D eigenvalue weighted by atomic mass is 9.94. The van der Waals surface area contributed by atoms with Crippen LogP contribution in [0, 0.1) is 0 Å². The van der Waals surface area contributed by atoms with E-state index in [1.165, 1.54) is 0 Å². The average Bonchev–Trinajstić information content (AvgIpc) is 3.05. The lowest BCUT2D eigenvalue weighted by Crippen LogP contribution is -2.41. The van der Waals surface area contributed by atoms with E-state index in [9.17, 15) is 4.79 Å². The van der Waals surface area contributed by atoms with Crippen LogP contribution in [0.2, 0.25) is 5.02 Å². The molecule has 0 saturated carbocycles. The maximum atomic E-state index is 12.2. The van der Waals surface area contributed by atoms with Crippen molar-refractivity contribution in [1.82, 2.24) is 5.32 Å². The van der Waals surface area contributed by atoms with Gasteiger partial charge in [-0.25, -0.2) is 0 Å². The molecule has 1 heterocycles. The molecule has 0 aromatic heterocycles. The Kier molecular flexibility index (Phi) is 5.84. The number of amides is 1. The standard InChI is InChI=1S/C19H18BrClN2O3/c1-2-22-18(24)17-19(20,12-26-23-17)14-8-9-16(15(21)10-14)25-11-13-6-4-3-5-7-13/h3-10H,2,11-12H2,1H3,(H,22,24). The molecule has 0 fully saturated rings. The number of hydrogen-bond acceptors (Lipinski definition) is 4. The Morgan fingerprint density at radius 3 is 2.81 bits per heavy atom. The van der Waals surface area contributed by atoms with Crippen LogP contribution in [-0.4, -0.2) is 24.8 Å². The number of carbonyl (C=O) groups is 1. The smallest absolute Gasteiger partial charge is 0.271 e. The number of carbonyl (C=O) groups excluding carboxylic acids is 1. The summed E-state index contributed by atoms with van der Waals surface area (Å²) >= 11 is 10.0. The maximum absolute atomic E-state index is 12.2. The van der Waals surface area contributed by atoms with Crippen molar-refractivity contribution in [2.24, 2.45) is 5.16 Å². The van der Waals surface area contributed by atoms with E-state index in [0.717, 1.165) is 11.1 Å². The number of halogens is 2. The van der Waals surface area contributed by atoms with Crippen molar-refractivity contribution < 1.29 is 14.4 Å². The third kappa shape index (κ3) is 3.86. The normalized spacial score (nSPS) is 18.8. The molecular weight excluding hydrogens is 420 g/mol. The van der Waals surface area contributed by atoms with Gasteiger partial charge in [0.25, 0.3) is 5.91 Å². The summed E-state index contributed by atoms with van der Waals surface area (Å²) in [5.41, 5.74) is 2.10. The van der Waals surface area contributed by atoms with E-state index in [0.29, 0.717) is 23.9 Å². The van der Waals surface area contributed by atoms with Crippen molar-refractivity contribution in [1.29, 1.82) is 0 Å². The minimum Gasteiger partial charge on any atom is -0.487 e. The highest BCUT2D eigenvalue weighted by Crippen LogP contribution is 2.40. The predicted molar refractivity (Wildman–Crippen MR) is 105 cm³/mol. The fourth-order valence-electron chi connectivity index (χ4n) is 2.61. The molecule has 1 N–H and O–H groups in total. The van der Waals surface area contributed by atoms with E-state index in [1.54, 1.807) is 12.1 Å². The largest absolute Gasteiger partial charge is 0.487 e. The molecule has 1 aliphatic rings. The minimum absolute atomic E-state index is 0.208. The van der Waals surface area contributed by atoms with Gasteiger partial charge in [-0.3, -0.25) is 4.79 Å². The predicted octanol–water partition coefficient (Wildman–Crippen LogP) is 4.03. The van der Waals surface area contributed by atoms with Gasteiger partial charge in [-0.2, -0.15) is 0 Å². The molecule has 0 bridgehead atoms. The molecule has 0 saturated heterocycles. The van der Waals surface area contributed by atoms with Gasteiger partial charge in [-0.15, -0.1) is 0 Å². The Hall–Kier alpha value is -2.05. The molecule has 3 rings (SSSR count). The summed E-state index contributed by atoms with van der Waals surface area (Å²) in [6, 6.07) is 15.3. The number of rotatable bonds is 6. The van der Waals surface area contributed by atoms with Gasteiger partial charge in [0.15, 0.2) is 5.71 Å². The molecule has 1 atom stereocenters. The van der Waals surface area contributed by atoms with E-state index >= 15 is 0 Å². The van der Waals surface area contributed by atoms with Crippen molar-refractivity contribution >= 4 is 39.1 Å². The number of ether oxygens (including phenoxy) is 1. The zero-order chi connectivity index (χ0) is 18.6. The lowest BCUT2D eigenvalue weighted by molar-refractivity contribution is -0.114. The number of hydrogen-bond donors (Lipinski definition) is 1. The molecule has 2 aromatic rings. The highest BCUT2D eigenvalue weighted by molar-refractivity contribution is 9.10. The molecule has 5 nitrogen and oxygen atoms in total. The van der Waals surface area contributed by atoms with E-state index in [1.807, 2.05) is 43.3 Å². The molecule has 1 aliphatic heterocycles. The van der Waals surface area contributed by atoms with Crippen LogP contribution in [0.1, 0.15) is 18.1 Å². The maximum Gasteiger partial charge on any atom is 0.271 e. The summed E-state index contributed by atoms with van der Waals surface area (Å²) in [7, 11) is 0. The molecule has 7 heteroatoms. The second-order valence-electron chi connectivity index (χ2n) is 5.79. The first kappa shape index (κ1) is 18.7. The molecule has 136 valence electrons. The summed E-state index contributed by atoms with van der Waals surface area (Å²) in [6.07, 6.45) is 0. The van der Waals surface area contributed by atoms with Gasteiger partial charge in [0.2, 0.25) is 0 Å². The Balaban J connectivity index is 1.78. The molecule has 0 aliphatic carbocycles. The van der Waals surface area contributed by atoms with Crippen molar-refractivity contribution in [3.63, 3.8) is 0 Å². The van der Waals surface area contributed by atoms with E-state index < -0.39 is 4.32 Å². The number of nitrogens with one attached hydrogen (secondary N) is 1. The van der Waals surface area contributed by atoms with Gasteiger partial charge in [0.05, 0.1) is 5.02 Å². The van der Waals surface area contributed by atoms with Gasteiger partial charge in [0, 0.05) is 6.54 Å². The lowest BCUT2D eigenvalue weighted by Gasteiger charge is -2.22. The van der Waals surface area contributed by atoms with Crippen molar-refractivity contribution in [2.75, 3.05) is 13.2 Å². The van der Waals surface area contributed by atoms with E-state index in [-0.39, 0.29) is 18.2 Å². The molecule has 2 aromatic carbocycles. The van der Waals surface area contributed by atoms with Crippen LogP contribution in [0.3, 0.4) is 0 Å². The highest BCUT2D eigenvalue weighted by atomic mass is 79.9. The first-order valence-electron chi connectivity index (χ1n) is 8.19. The molecule has 1 unspecified atom stereocenters. The molecule has 26 heavy (non-hydrogen) atoms. The van der Waals surface area contributed by atoms with Crippen LogP contribution in [0.4, 0.5) is 0 Å². The monoisotopic (exact) mass is 436 g/mol. The number of benzene rings is 2. The van der Waals surface area contributed by atoms with Crippen LogP contribution in [0.25, 0.3) is 0 Å². The molecule has 0 radical (unpaired) electrons. The van der Waals surface area contributed by atoms with Gasteiger partial charge < -0.3 is 14.9 Å². The minimum atomic E-state index is -0.839. The first-order valence-corrected chi connectivity index (χ1v) is 9.36. The van der Waals surface area contributed by atoms with Crippen LogP contribution >= 0.6 is 27.5 Å². The average molecular weight is 438 g/mol. The first-order chi connectivity index (χ1) is 12.5. The van der Waals surface area contributed by atoms with E-state index in [2.05, 4.69) is 26.4 Å². The summed E-state index contributed by atoms with van der Waals surface area (Å²) in [5.74, 6) is 0.299. The number of nitrogens with zero attached hydrogens (tertiary/aromatic N) is 1. The Morgan fingerprint density at radius 1 is 1.35 bits per heavy atom. The van der Waals surface area contributed by atoms with Gasteiger partial charge in [0.1, 0.15) is 23.3 Å². The van der Waals surface area contributed by atoms with Crippen molar-refractivity contribution in [3.05, 3.63) is 64.7 Å². The second-order valence-corrected chi connectivity index (χ2v) is 7.55. The van der Waals surface area contributed by atoms with Crippen LogP contribution < -0.4 is 10.1 Å². The van der Waals surface area contributed by atoms with Crippen LogP contribution in [0.5, 0.6) is 5.75 Å². The Labute approximate surface area is 165 Å². The quantitative estimate of drug-likeness (QED) is 0.694. The Morgan fingerprint density at radius 2 is 2.12 bits per heavy atom. The summed E-state index contributed by atoms with van der Waals surface area (Å²) < 4.78 is 4.96. The van der Waals surface area contributed by atoms with E-state index in [4.69, 9.17) is 21.2 Å². The van der Waals surface area contributed by atoms with Gasteiger partial charge in [-0.1, -0.05) is 69.1 Å². The number of oxime groups is 1. The summed E-state index contributed by atoms with van der Waals surface area (Å²) in [5, 5.41) is 7.09. The zero-order valence-corrected chi connectivity index (χ0v) is 16.5. The SMILES string of the molecule is CCNC(=O)C1=NOCC1(Br)c1ccc(OCc2ccccc2)c(Cl)c1. The highest BCUT2D eigenvalue weighted by Gasteiger charge is 2.45. The zero-order valence-electron chi connectivity index (χ0n) is 14.2. The third-order valence-corrected chi connectivity index (χ3v) is 5.33. The van der Waals surface area contributed by atoms with Crippen molar-refractivity contribution in [3.8, 4) is 5.75 Å². The summed E-state index contributed by atoms with van der Waals surface area (Å²) in [6.45, 7) is 2.99. The molecule has 0 spiro atoms. The van der Waals surface area contributed by atoms with Gasteiger partial charge in [-0.05, 0) is 30.2 Å².